The summed E-state index contributed by atoms with van der Waals surface area (Å²) in [6.07, 6.45) is 2.42. The monoisotopic (exact) mass is 184 g/mol. The highest BCUT2D eigenvalue weighted by Gasteiger charge is 2.22. The van der Waals surface area contributed by atoms with Crippen molar-refractivity contribution in [3.8, 4) is 0 Å². The van der Waals surface area contributed by atoms with Crippen LogP contribution < -0.4 is 10.6 Å². The lowest BCUT2D eigenvalue weighted by Gasteiger charge is -2.19. The minimum Gasteiger partial charge on any atom is -0.354 e. The Morgan fingerprint density at radius 2 is 2.23 bits per heavy atom. The fourth-order valence-corrected chi connectivity index (χ4v) is 1.41. The van der Waals surface area contributed by atoms with E-state index in [9.17, 15) is 4.79 Å². The second kappa shape index (κ2) is 4.09. The van der Waals surface area contributed by atoms with Crippen LogP contribution >= 0.6 is 0 Å². The summed E-state index contributed by atoms with van der Waals surface area (Å²) < 4.78 is 0. The molecular formula is C10H20N2O. The van der Waals surface area contributed by atoms with E-state index in [1.54, 1.807) is 0 Å². The Labute approximate surface area is 80.3 Å². The van der Waals surface area contributed by atoms with Crippen molar-refractivity contribution in [2.24, 2.45) is 5.41 Å². The SMILES string of the molecule is CC(C)(C)C(=O)NCC1CCCN1. The average molecular weight is 184 g/mol. The summed E-state index contributed by atoms with van der Waals surface area (Å²) >= 11 is 0. The number of hydrogen-bond donors (Lipinski definition) is 2. The summed E-state index contributed by atoms with van der Waals surface area (Å²) in [6.45, 7) is 7.67. The van der Waals surface area contributed by atoms with Crippen molar-refractivity contribution in [3.63, 3.8) is 0 Å². The minimum atomic E-state index is -0.265. The zero-order chi connectivity index (χ0) is 9.90. The van der Waals surface area contributed by atoms with Gasteiger partial charge in [0.15, 0.2) is 0 Å². The predicted molar refractivity (Wildman–Crippen MR) is 53.5 cm³/mol. The van der Waals surface area contributed by atoms with Crippen molar-refractivity contribution in [3.05, 3.63) is 0 Å². The molecule has 3 heteroatoms. The lowest BCUT2D eigenvalue weighted by molar-refractivity contribution is -0.128. The van der Waals surface area contributed by atoms with Gasteiger partial charge in [0.2, 0.25) is 5.91 Å². The number of rotatable bonds is 2. The average Bonchev–Trinajstić information content (AvgIpc) is 2.50. The molecule has 13 heavy (non-hydrogen) atoms. The zero-order valence-corrected chi connectivity index (χ0v) is 8.81. The number of nitrogens with one attached hydrogen (secondary N) is 2. The van der Waals surface area contributed by atoms with Crippen LogP contribution in [0.15, 0.2) is 0 Å². The van der Waals surface area contributed by atoms with Crippen molar-refractivity contribution < 1.29 is 4.79 Å². The van der Waals surface area contributed by atoms with Crippen molar-refractivity contribution in [1.82, 2.24) is 10.6 Å². The fourth-order valence-electron chi connectivity index (χ4n) is 1.41. The molecule has 0 aromatic heterocycles. The first-order chi connectivity index (χ1) is 6.00. The molecule has 2 N–H and O–H groups in total. The molecular weight excluding hydrogens is 164 g/mol. The molecule has 1 rings (SSSR count). The highest BCUT2D eigenvalue weighted by Crippen LogP contribution is 2.12. The van der Waals surface area contributed by atoms with Crippen LogP contribution in [-0.2, 0) is 4.79 Å². The number of carbonyl (C=O) groups is 1. The largest absolute Gasteiger partial charge is 0.354 e. The van der Waals surface area contributed by atoms with Crippen LogP contribution in [0.3, 0.4) is 0 Å². The molecule has 0 saturated carbocycles. The first-order valence-electron chi connectivity index (χ1n) is 5.02. The van der Waals surface area contributed by atoms with Gasteiger partial charge in [0, 0.05) is 18.0 Å². The van der Waals surface area contributed by atoms with Crippen LogP contribution in [0.2, 0.25) is 0 Å². The van der Waals surface area contributed by atoms with E-state index in [-0.39, 0.29) is 11.3 Å². The lowest BCUT2D eigenvalue weighted by atomic mass is 9.95. The van der Waals surface area contributed by atoms with Crippen LogP contribution in [0.4, 0.5) is 0 Å². The molecule has 0 bridgehead atoms. The fraction of sp³-hybridized carbons (Fsp3) is 0.900. The molecule has 0 aliphatic carbocycles. The topological polar surface area (TPSA) is 41.1 Å². The van der Waals surface area contributed by atoms with E-state index in [1.165, 1.54) is 12.8 Å². The van der Waals surface area contributed by atoms with Gasteiger partial charge in [-0.05, 0) is 19.4 Å². The Bertz CT molecular complexity index is 178. The third kappa shape index (κ3) is 3.35. The van der Waals surface area contributed by atoms with Gasteiger partial charge < -0.3 is 10.6 Å². The van der Waals surface area contributed by atoms with Crippen LogP contribution in [0, 0.1) is 5.41 Å². The highest BCUT2D eigenvalue weighted by atomic mass is 16.2. The van der Waals surface area contributed by atoms with E-state index < -0.39 is 0 Å². The van der Waals surface area contributed by atoms with E-state index in [2.05, 4.69) is 10.6 Å². The highest BCUT2D eigenvalue weighted by molar-refractivity contribution is 5.81. The van der Waals surface area contributed by atoms with Crippen LogP contribution in [0.5, 0.6) is 0 Å². The van der Waals surface area contributed by atoms with E-state index in [0.717, 1.165) is 13.1 Å². The predicted octanol–water partition coefficient (Wildman–Crippen LogP) is 0.901. The van der Waals surface area contributed by atoms with Gasteiger partial charge in [0.05, 0.1) is 0 Å². The summed E-state index contributed by atoms with van der Waals surface area (Å²) in [5.74, 6) is 0.140. The minimum absolute atomic E-state index is 0.140. The maximum Gasteiger partial charge on any atom is 0.225 e. The van der Waals surface area contributed by atoms with Crippen molar-refractivity contribution >= 4 is 5.91 Å². The number of carbonyl (C=O) groups excluding carboxylic acids is 1. The van der Waals surface area contributed by atoms with Gasteiger partial charge in [-0.25, -0.2) is 0 Å². The van der Waals surface area contributed by atoms with E-state index in [4.69, 9.17) is 0 Å². The van der Waals surface area contributed by atoms with Crippen LogP contribution in [0.1, 0.15) is 33.6 Å². The van der Waals surface area contributed by atoms with Crippen molar-refractivity contribution in [2.45, 2.75) is 39.7 Å². The molecule has 1 fully saturated rings. The summed E-state index contributed by atoms with van der Waals surface area (Å²) in [5.41, 5.74) is -0.265. The van der Waals surface area contributed by atoms with Gasteiger partial charge in [0.1, 0.15) is 0 Å². The second-order valence-corrected chi connectivity index (χ2v) is 4.75. The standard InChI is InChI=1S/C10H20N2O/c1-10(2,3)9(13)12-7-8-5-4-6-11-8/h8,11H,4-7H2,1-3H3,(H,12,13). The molecule has 0 aromatic rings. The summed E-state index contributed by atoms with van der Waals surface area (Å²) in [6, 6.07) is 0.492. The Balaban J connectivity index is 2.22. The Kier molecular flexibility index (Phi) is 3.31. The Morgan fingerprint density at radius 3 is 2.69 bits per heavy atom. The number of amides is 1. The van der Waals surface area contributed by atoms with E-state index in [0.29, 0.717) is 6.04 Å². The first kappa shape index (κ1) is 10.5. The van der Waals surface area contributed by atoms with E-state index in [1.807, 2.05) is 20.8 Å². The summed E-state index contributed by atoms with van der Waals surface area (Å²) in [4.78, 5) is 11.5. The molecule has 1 atom stereocenters. The number of hydrogen-bond acceptors (Lipinski definition) is 2. The van der Waals surface area contributed by atoms with Gasteiger partial charge in [-0.15, -0.1) is 0 Å². The van der Waals surface area contributed by atoms with Crippen molar-refractivity contribution in [1.29, 1.82) is 0 Å². The molecule has 76 valence electrons. The zero-order valence-electron chi connectivity index (χ0n) is 8.81. The first-order valence-corrected chi connectivity index (χ1v) is 5.02. The summed E-state index contributed by atoms with van der Waals surface area (Å²) in [5, 5.41) is 6.31. The molecule has 1 aliphatic rings. The smallest absolute Gasteiger partial charge is 0.225 e. The third-order valence-corrected chi connectivity index (χ3v) is 2.35. The second-order valence-electron chi connectivity index (χ2n) is 4.75. The van der Waals surface area contributed by atoms with Crippen molar-refractivity contribution in [2.75, 3.05) is 13.1 Å². The van der Waals surface area contributed by atoms with E-state index >= 15 is 0 Å². The Hall–Kier alpha value is -0.570. The molecule has 1 heterocycles. The van der Waals surface area contributed by atoms with Gasteiger partial charge in [-0.1, -0.05) is 20.8 Å². The molecule has 0 spiro atoms. The normalized spacial score (nSPS) is 23.2. The Morgan fingerprint density at radius 1 is 1.54 bits per heavy atom. The van der Waals surface area contributed by atoms with Gasteiger partial charge >= 0.3 is 0 Å². The molecule has 3 nitrogen and oxygen atoms in total. The molecule has 1 aliphatic heterocycles. The third-order valence-electron chi connectivity index (χ3n) is 2.35. The maximum absolute atomic E-state index is 11.5. The maximum atomic E-state index is 11.5. The van der Waals surface area contributed by atoms with Crippen LogP contribution in [-0.4, -0.2) is 25.0 Å². The molecule has 1 saturated heterocycles. The quantitative estimate of drug-likeness (QED) is 0.669. The van der Waals surface area contributed by atoms with Gasteiger partial charge in [-0.2, -0.15) is 0 Å². The molecule has 1 unspecified atom stereocenters. The van der Waals surface area contributed by atoms with Gasteiger partial charge in [-0.3, -0.25) is 4.79 Å². The molecule has 0 radical (unpaired) electrons. The van der Waals surface area contributed by atoms with Gasteiger partial charge in [0.25, 0.3) is 0 Å². The summed E-state index contributed by atoms with van der Waals surface area (Å²) in [7, 11) is 0. The van der Waals surface area contributed by atoms with Crippen LogP contribution in [0.25, 0.3) is 0 Å². The molecule has 1 amide bonds. The lowest BCUT2D eigenvalue weighted by Crippen LogP contribution is -2.42. The molecule has 0 aromatic carbocycles.